The van der Waals surface area contributed by atoms with E-state index in [1.807, 2.05) is 7.05 Å². The molecule has 0 unspecified atom stereocenters. The number of sulfone groups is 1. The van der Waals surface area contributed by atoms with Crippen LogP contribution in [0.25, 0.3) is 0 Å². The highest BCUT2D eigenvalue weighted by molar-refractivity contribution is 7.92. The van der Waals surface area contributed by atoms with E-state index in [0.29, 0.717) is 31.8 Å². The lowest BCUT2D eigenvalue weighted by atomic mass is 9.81. The molecule has 4 atom stereocenters. The van der Waals surface area contributed by atoms with E-state index in [4.69, 9.17) is 0 Å². The molecule has 214 valence electrons. The first kappa shape index (κ1) is 30.4. The molecule has 1 saturated heterocycles. The zero-order valence-electron chi connectivity index (χ0n) is 23.0. The third-order valence-electron chi connectivity index (χ3n) is 8.07. The fourth-order valence-corrected chi connectivity index (χ4v) is 6.80. The number of hydrogen-bond donors (Lipinski definition) is 1. The molecule has 1 saturated carbocycles. The molecule has 0 radical (unpaired) electrons. The van der Waals surface area contributed by atoms with Crippen molar-refractivity contribution in [3.05, 3.63) is 35.4 Å². The van der Waals surface area contributed by atoms with Gasteiger partial charge in [0.25, 0.3) is 5.91 Å². The minimum Gasteiger partial charge on any atom is -0.340 e. The van der Waals surface area contributed by atoms with E-state index in [0.717, 1.165) is 24.6 Å². The molecule has 2 aliphatic rings. The lowest BCUT2D eigenvalue weighted by molar-refractivity contribution is -0.137. The van der Waals surface area contributed by atoms with Crippen LogP contribution in [0.5, 0.6) is 0 Å². The van der Waals surface area contributed by atoms with Crippen LogP contribution in [-0.4, -0.2) is 78.3 Å². The number of rotatable bonds is 7. The molecule has 2 fully saturated rings. The van der Waals surface area contributed by atoms with Gasteiger partial charge >= 0.3 is 6.18 Å². The molecular formula is C27H40F3N3O4S. The van der Waals surface area contributed by atoms with Gasteiger partial charge in [0, 0.05) is 30.2 Å². The van der Waals surface area contributed by atoms with Crippen molar-refractivity contribution in [1.82, 2.24) is 15.1 Å². The SMILES string of the molecule is CC(C)N(C)[C@@H]1CC[C@H](N2CC[C@H](NC(=O)c3cccc(C(F)(F)F)c3)C2=O)[C@H](CS(=O)(=O)C(C)(C)C)C1. The van der Waals surface area contributed by atoms with Gasteiger partial charge in [-0.05, 0) is 91.5 Å². The second kappa shape index (κ2) is 11.2. The average molecular weight is 560 g/mol. The molecule has 1 aliphatic heterocycles. The standard InChI is InChI=1S/C27H40F3N3O4S/c1-17(2)32(6)21-10-11-23(19(15-21)16-38(36,37)26(3,4)5)33-13-12-22(25(33)35)31-24(34)18-8-7-9-20(14-18)27(28,29)30/h7-9,14,17,19,21-23H,10-13,15-16H2,1-6H3,(H,31,34)/t19-,21+,22-,23-/m0/s1. The van der Waals surface area contributed by atoms with Crippen molar-refractivity contribution in [3.8, 4) is 0 Å². The van der Waals surface area contributed by atoms with Gasteiger partial charge in [0.05, 0.1) is 16.1 Å². The van der Waals surface area contributed by atoms with E-state index in [1.54, 1.807) is 25.7 Å². The number of likely N-dealkylation sites (tertiary alicyclic amines) is 1. The Balaban J connectivity index is 1.77. The summed E-state index contributed by atoms with van der Waals surface area (Å²) >= 11 is 0. The van der Waals surface area contributed by atoms with Crippen molar-refractivity contribution < 1.29 is 31.2 Å². The van der Waals surface area contributed by atoms with Crippen LogP contribution in [0.2, 0.25) is 0 Å². The van der Waals surface area contributed by atoms with Gasteiger partial charge in [0.15, 0.2) is 9.84 Å². The Kier molecular flexibility index (Phi) is 8.92. The van der Waals surface area contributed by atoms with Gasteiger partial charge in [-0.25, -0.2) is 8.42 Å². The van der Waals surface area contributed by atoms with Crippen LogP contribution in [0.4, 0.5) is 13.2 Å². The summed E-state index contributed by atoms with van der Waals surface area (Å²) in [7, 11) is -1.42. The van der Waals surface area contributed by atoms with Gasteiger partial charge in [-0.1, -0.05) is 6.07 Å². The molecular weight excluding hydrogens is 519 g/mol. The molecule has 1 aliphatic carbocycles. The molecule has 0 aromatic heterocycles. The van der Waals surface area contributed by atoms with Crippen LogP contribution >= 0.6 is 0 Å². The molecule has 1 aromatic carbocycles. The predicted molar refractivity (Wildman–Crippen MR) is 140 cm³/mol. The molecule has 0 spiro atoms. The summed E-state index contributed by atoms with van der Waals surface area (Å²) < 4.78 is 64.6. The summed E-state index contributed by atoms with van der Waals surface area (Å²) in [5, 5.41) is 2.60. The molecule has 0 bridgehead atoms. The van der Waals surface area contributed by atoms with Crippen LogP contribution in [0.1, 0.15) is 76.2 Å². The Morgan fingerprint density at radius 1 is 1.16 bits per heavy atom. The number of nitrogens with one attached hydrogen (secondary N) is 1. The summed E-state index contributed by atoms with van der Waals surface area (Å²) in [4.78, 5) is 30.1. The smallest absolute Gasteiger partial charge is 0.340 e. The van der Waals surface area contributed by atoms with Crippen molar-refractivity contribution in [2.45, 2.75) is 95.4 Å². The lowest BCUT2D eigenvalue weighted by Crippen LogP contribution is -2.53. The minimum atomic E-state index is -4.58. The van der Waals surface area contributed by atoms with Crippen LogP contribution in [0.3, 0.4) is 0 Å². The van der Waals surface area contributed by atoms with Gasteiger partial charge in [0.1, 0.15) is 6.04 Å². The summed E-state index contributed by atoms with van der Waals surface area (Å²) in [6.45, 7) is 9.58. The number of amides is 2. The molecule has 1 aromatic rings. The van der Waals surface area contributed by atoms with Gasteiger partial charge in [-0.15, -0.1) is 0 Å². The first-order chi connectivity index (χ1) is 17.4. The quantitative estimate of drug-likeness (QED) is 0.543. The number of halogens is 3. The topological polar surface area (TPSA) is 86.8 Å². The first-order valence-electron chi connectivity index (χ1n) is 13.1. The highest BCUT2D eigenvalue weighted by atomic mass is 32.2. The second-order valence-electron chi connectivity index (χ2n) is 11.9. The van der Waals surface area contributed by atoms with E-state index in [2.05, 4.69) is 24.1 Å². The Labute approximate surface area is 224 Å². The van der Waals surface area contributed by atoms with Crippen LogP contribution in [0.15, 0.2) is 24.3 Å². The van der Waals surface area contributed by atoms with Crippen LogP contribution in [-0.2, 0) is 20.8 Å². The van der Waals surface area contributed by atoms with E-state index in [-0.39, 0.29) is 35.2 Å². The maximum Gasteiger partial charge on any atom is 0.416 e. The van der Waals surface area contributed by atoms with Crippen molar-refractivity contribution >= 4 is 21.7 Å². The monoisotopic (exact) mass is 559 g/mol. The third kappa shape index (κ3) is 6.70. The van der Waals surface area contributed by atoms with Gasteiger partial charge < -0.3 is 15.1 Å². The van der Waals surface area contributed by atoms with E-state index >= 15 is 0 Å². The zero-order valence-corrected chi connectivity index (χ0v) is 23.8. The largest absolute Gasteiger partial charge is 0.416 e. The molecule has 38 heavy (non-hydrogen) atoms. The maximum atomic E-state index is 13.4. The van der Waals surface area contributed by atoms with E-state index in [9.17, 15) is 31.2 Å². The van der Waals surface area contributed by atoms with Crippen LogP contribution < -0.4 is 5.32 Å². The highest BCUT2D eigenvalue weighted by Crippen LogP contribution is 2.36. The van der Waals surface area contributed by atoms with Gasteiger partial charge in [0.2, 0.25) is 5.91 Å². The predicted octanol–water partition coefficient (Wildman–Crippen LogP) is 4.13. The Morgan fingerprint density at radius 3 is 2.39 bits per heavy atom. The summed E-state index contributed by atoms with van der Waals surface area (Å²) in [5.41, 5.74) is -1.10. The minimum absolute atomic E-state index is 0.0331. The lowest BCUT2D eigenvalue weighted by Gasteiger charge is -2.45. The molecule has 1 N–H and O–H groups in total. The molecule has 7 nitrogen and oxygen atoms in total. The number of nitrogens with zero attached hydrogens (tertiary/aromatic N) is 2. The number of carbonyl (C=O) groups excluding carboxylic acids is 2. The summed E-state index contributed by atoms with van der Waals surface area (Å²) in [5.74, 6) is -1.36. The van der Waals surface area contributed by atoms with Gasteiger partial charge in [-0.3, -0.25) is 9.59 Å². The fourth-order valence-electron chi connectivity index (χ4n) is 5.38. The Morgan fingerprint density at radius 2 is 1.82 bits per heavy atom. The number of benzene rings is 1. The highest BCUT2D eigenvalue weighted by Gasteiger charge is 2.45. The number of carbonyl (C=O) groups is 2. The Bertz CT molecular complexity index is 1130. The normalized spacial score (nSPS) is 25.3. The van der Waals surface area contributed by atoms with Crippen molar-refractivity contribution in [2.24, 2.45) is 5.92 Å². The van der Waals surface area contributed by atoms with Crippen molar-refractivity contribution in [1.29, 1.82) is 0 Å². The number of hydrogen-bond acceptors (Lipinski definition) is 5. The third-order valence-corrected chi connectivity index (χ3v) is 10.8. The van der Waals surface area contributed by atoms with Gasteiger partial charge in [-0.2, -0.15) is 13.2 Å². The van der Waals surface area contributed by atoms with Crippen LogP contribution in [0, 0.1) is 5.92 Å². The number of alkyl halides is 3. The zero-order chi connectivity index (χ0) is 28.6. The molecule has 2 amide bonds. The Hall–Kier alpha value is -2.14. The second-order valence-corrected chi connectivity index (χ2v) is 14.7. The summed E-state index contributed by atoms with van der Waals surface area (Å²) in [6, 6.07) is 3.43. The molecule has 1 heterocycles. The van der Waals surface area contributed by atoms with E-state index in [1.165, 1.54) is 6.07 Å². The van der Waals surface area contributed by atoms with Crippen molar-refractivity contribution in [2.75, 3.05) is 19.3 Å². The fraction of sp³-hybridized carbons (Fsp3) is 0.704. The molecule has 11 heteroatoms. The van der Waals surface area contributed by atoms with E-state index < -0.39 is 38.3 Å². The maximum absolute atomic E-state index is 13.4. The summed E-state index contributed by atoms with van der Waals surface area (Å²) in [6.07, 6.45) is -2.17. The first-order valence-corrected chi connectivity index (χ1v) is 14.8. The average Bonchev–Trinajstić information content (AvgIpc) is 3.16. The molecule has 3 rings (SSSR count). The van der Waals surface area contributed by atoms with Crippen molar-refractivity contribution in [3.63, 3.8) is 0 Å².